The molecule has 0 saturated carbocycles. The first kappa shape index (κ1) is 25.7. The van der Waals surface area contributed by atoms with E-state index in [4.69, 9.17) is 21.1 Å². The van der Waals surface area contributed by atoms with Crippen molar-refractivity contribution < 1.29 is 19.1 Å². The number of ether oxygens (including phenoxy) is 2. The van der Waals surface area contributed by atoms with Crippen LogP contribution in [0.1, 0.15) is 47.4 Å². The molecular weight excluding hydrogens is 492 g/mol. The number of piperidine rings is 1. The van der Waals surface area contributed by atoms with E-state index in [0.29, 0.717) is 54.9 Å². The number of likely N-dealkylation sites (tertiary alicyclic amines) is 1. The third kappa shape index (κ3) is 5.66. The fraction of sp³-hybridized carbons (Fsp3) is 0.464. The number of fused-ring (bicyclic) bond motifs is 1. The number of aromatic nitrogens is 2. The van der Waals surface area contributed by atoms with Gasteiger partial charge in [0.25, 0.3) is 5.91 Å². The minimum absolute atomic E-state index is 0.0494. The monoisotopic (exact) mass is 524 g/mol. The normalized spacial score (nSPS) is 18.2. The van der Waals surface area contributed by atoms with E-state index >= 15 is 0 Å². The Hall–Kier alpha value is -2.94. The molecule has 1 N–H and O–H groups in total. The minimum Gasteiger partial charge on any atom is -0.381 e. The maximum absolute atomic E-state index is 13.4. The molecular formula is C28H33ClN4O4. The van der Waals surface area contributed by atoms with Gasteiger partial charge in [0.2, 0.25) is 5.91 Å². The van der Waals surface area contributed by atoms with Crippen molar-refractivity contribution in [3.63, 3.8) is 0 Å². The van der Waals surface area contributed by atoms with Gasteiger partial charge in [-0.2, -0.15) is 0 Å². The summed E-state index contributed by atoms with van der Waals surface area (Å²) in [5.74, 6) is -0.129. The SMILES string of the molecule is COC1CCN(C(=O)Cc2cn3c(C(=O)NCC4(c5ccc(Cl)cc5)CCOCC4)cccc3n2)CC1. The Balaban J connectivity index is 1.29. The summed E-state index contributed by atoms with van der Waals surface area (Å²) in [5.41, 5.74) is 2.72. The molecule has 2 fully saturated rings. The summed E-state index contributed by atoms with van der Waals surface area (Å²) in [6, 6.07) is 13.3. The highest BCUT2D eigenvalue weighted by molar-refractivity contribution is 6.30. The molecule has 196 valence electrons. The molecule has 0 radical (unpaired) electrons. The first-order chi connectivity index (χ1) is 18.0. The van der Waals surface area contributed by atoms with Crippen molar-refractivity contribution in [3.05, 3.63) is 70.6 Å². The van der Waals surface area contributed by atoms with Gasteiger partial charge in [-0.3, -0.25) is 14.0 Å². The molecule has 4 heterocycles. The summed E-state index contributed by atoms with van der Waals surface area (Å²) in [6.45, 7) is 3.18. The van der Waals surface area contributed by atoms with Crippen LogP contribution in [-0.4, -0.2) is 72.2 Å². The van der Waals surface area contributed by atoms with Crippen LogP contribution >= 0.6 is 11.6 Å². The van der Waals surface area contributed by atoms with Gasteiger partial charge in [-0.1, -0.05) is 29.8 Å². The van der Waals surface area contributed by atoms with Crippen LogP contribution in [-0.2, 0) is 26.1 Å². The number of carbonyl (C=O) groups is 2. The summed E-state index contributed by atoms with van der Waals surface area (Å²) in [5, 5.41) is 3.85. The third-order valence-electron chi connectivity index (χ3n) is 7.73. The van der Waals surface area contributed by atoms with Crippen LogP contribution < -0.4 is 5.32 Å². The van der Waals surface area contributed by atoms with Crippen LogP contribution in [0.5, 0.6) is 0 Å². The van der Waals surface area contributed by atoms with Crippen molar-refractivity contribution in [2.24, 2.45) is 0 Å². The molecule has 9 heteroatoms. The lowest BCUT2D eigenvalue weighted by atomic mass is 9.74. The molecule has 8 nitrogen and oxygen atoms in total. The molecule has 2 aliphatic rings. The predicted octanol–water partition coefficient (Wildman–Crippen LogP) is 3.65. The van der Waals surface area contributed by atoms with E-state index in [1.165, 1.54) is 0 Å². The number of carbonyl (C=O) groups excluding carboxylic acids is 2. The fourth-order valence-corrected chi connectivity index (χ4v) is 5.54. The zero-order chi connectivity index (χ0) is 25.8. The Morgan fingerprint density at radius 1 is 1.14 bits per heavy atom. The molecule has 2 amide bonds. The van der Waals surface area contributed by atoms with Gasteiger partial charge >= 0.3 is 0 Å². The molecule has 37 heavy (non-hydrogen) atoms. The highest BCUT2D eigenvalue weighted by Gasteiger charge is 2.35. The Bertz CT molecular complexity index is 1240. The van der Waals surface area contributed by atoms with Crippen LogP contribution in [0.2, 0.25) is 5.02 Å². The Kier molecular flexibility index (Phi) is 7.79. The number of amides is 2. The molecule has 2 saturated heterocycles. The maximum Gasteiger partial charge on any atom is 0.268 e. The molecule has 0 atom stereocenters. The highest BCUT2D eigenvalue weighted by Crippen LogP contribution is 2.35. The molecule has 0 unspecified atom stereocenters. The smallest absolute Gasteiger partial charge is 0.268 e. The number of imidazole rings is 1. The number of benzene rings is 1. The third-order valence-corrected chi connectivity index (χ3v) is 7.98. The molecule has 2 aromatic heterocycles. The lowest BCUT2D eigenvalue weighted by molar-refractivity contribution is -0.132. The predicted molar refractivity (Wildman–Crippen MR) is 141 cm³/mol. The molecule has 0 spiro atoms. The molecule has 0 aliphatic carbocycles. The largest absolute Gasteiger partial charge is 0.381 e. The zero-order valence-electron chi connectivity index (χ0n) is 21.1. The average molecular weight is 525 g/mol. The second-order valence-corrected chi connectivity index (χ2v) is 10.4. The Labute approximate surface area is 221 Å². The van der Waals surface area contributed by atoms with Crippen LogP contribution in [0.15, 0.2) is 48.7 Å². The second kappa shape index (κ2) is 11.2. The van der Waals surface area contributed by atoms with Gasteiger partial charge in [-0.05, 0) is 55.5 Å². The Morgan fingerprint density at radius 2 is 1.86 bits per heavy atom. The topological polar surface area (TPSA) is 85.2 Å². The molecule has 2 aliphatic heterocycles. The number of halogens is 1. The standard InChI is InChI=1S/C28H33ClN4O4/c1-36-23-9-13-32(14-10-23)26(34)17-22-18-33-24(3-2-4-25(33)31-22)27(35)30-19-28(11-15-37-16-12-28)20-5-7-21(29)8-6-20/h2-8,18,23H,9-17,19H2,1H3,(H,30,35). The number of hydrogen-bond donors (Lipinski definition) is 1. The molecule has 3 aromatic rings. The van der Waals surface area contributed by atoms with E-state index in [1.807, 2.05) is 41.3 Å². The van der Waals surface area contributed by atoms with E-state index < -0.39 is 0 Å². The van der Waals surface area contributed by atoms with E-state index in [2.05, 4.69) is 10.3 Å². The number of methoxy groups -OCH3 is 1. The first-order valence-electron chi connectivity index (χ1n) is 12.9. The van der Waals surface area contributed by atoms with E-state index in [9.17, 15) is 9.59 Å². The van der Waals surface area contributed by atoms with Crippen molar-refractivity contribution in [2.75, 3.05) is 40.0 Å². The van der Waals surface area contributed by atoms with Crippen molar-refractivity contribution in [1.82, 2.24) is 19.6 Å². The second-order valence-electron chi connectivity index (χ2n) is 9.95. The summed E-state index contributed by atoms with van der Waals surface area (Å²) in [6.07, 6.45) is 5.56. The quantitative estimate of drug-likeness (QED) is 0.510. The van der Waals surface area contributed by atoms with Gasteiger partial charge in [-0.25, -0.2) is 4.98 Å². The van der Waals surface area contributed by atoms with Crippen molar-refractivity contribution in [1.29, 1.82) is 0 Å². The fourth-order valence-electron chi connectivity index (χ4n) is 5.41. The summed E-state index contributed by atoms with van der Waals surface area (Å²) in [7, 11) is 1.72. The van der Waals surface area contributed by atoms with Crippen molar-refractivity contribution in [2.45, 2.75) is 43.6 Å². The van der Waals surface area contributed by atoms with Gasteiger partial charge < -0.3 is 19.7 Å². The number of rotatable bonds is 7. The number of pyridine rings is 1. The summed E-state index contributed by atoms with van der Waals surface area (Å²) < 4.78 is 12.8. The van der Waals surface area contributed by atoms with Crippen LogP contribution in [0.3, 0.4) is 0 Å². The van der Waals surface area contributed by atoms with Gasteiger partial charge in [0.05, 0.1) is 18.2 Å². The van der Waals surface area contributed by atoms with Gasteiger partial charge in [0.15, 0.2) is 0 Å². The lowest BCUT2D eigenvalue weighted by Gasteiger charge is -2.38. The van der Waals surface area contributed by atoms with Crippen molar-refractivity contribution >= 4 is 29.1 Å². The number of hydrogen-bond acceptors (Lipinski definition) is 5. The average Bonchev–Trinajstić information content (AvgIpc) is 3.35. The minimum atomic E-state index is -0.213. The first-order valence-corrected chi connectivity index (χ1v) is 13.2. The number of nitrogens with one attached hydrogen (secondary N) is 1. The lowest BCUT2D eigenvalue weighted by Crippen LogP contribution is -2.44. The summed E-state index contributed by atoms with van der Waals surface area (Å²) >= 11 is 6.12. The molecule has 0 bridgehead atoms. The molecule has 1 aromatic carbocycles. The van der Waals surface area contributed by atoms with Crippen LogP contribution in [0, 0.1) is 0 Å². The number of nitrogens with zero attached hydrogens (tertiary/aromatic N) is 3. The van der Waals surface area contributed by atoms with Crippen LogP contribution in [0.4, 0.5) is 0 Å². The van der Waals surface area contributed by atoms with Gasteiger partial charge in [0.1, 0.15) is 11.3 Å². The van der Waals surface area contributed by atoms with E-state index in [0.717, 1.165) is 31.2 Å². The highest BCUT2D eigenvalue weighted by atomic mass is 35.5. The Morgan fingerprint density at radius 3 is 2.57 bits per heavy atom. The van der Waals surface area contributed by atoms with E-state index in [1.54, 1.807) is 23.8 Å². The van der Waals surface area contributed by atoms with Crippen LogP contribution in [0.25, 0.3) is 5.65 Å². The summed E-state index contributed by atoms with van der Waals surface area (Å²) in [4.78, 5) is 32.7. The molecule has 5 rings (SSSR count). The van der Waals surface area contributed by atoms with Gasteiger partial charge in [-0.15, -0.1) is 0 Å². The van der Waals surface area contributed by atoms with E-state index in [-0.39, 0.29) is 29.8 Å². The zero-order valence-corrected chi connectivity index (χ0v) is 21.9. The maximum atomic E-state index is 13.4. The van der Waals surface area contributed by atoms with Gasteiger partial charge in [0, 0.05) is 56.6 Å². The van der Waals surface area contributed by atoms with Crippen molar-refractivity contribution in [3.8, 4) is 0 Å².